The molecule has 10 heteroatoms. The largest absolute Gasteiger partial charge is 0.473 e. The molecule has 0 bridgehead atoms. The lowest BCUT2D eigenvalue weighted by Crippen LogP contribution is -2.42. The van der Waals surface area contributed by atoms with Crippen LogP contribution in [0.3, 0.4) is 0 Å². The van der Waals surface area contributed by atoms with Gasteiger partial charge in [0.05, 0.1) is 27.7 Å². The molecule has 0 aliphatic carbocycles. The Morgan fingerprint density at radius 1 is 0.630 bits per heavy atom. The number of Topliss-reactive ketones (excluding diaryl/α,β-unsaturated/α-hetero) is 1. The van der Waals surface area contributed by atoms with Gasteiger partial charge in [-0.05, 0) is 44.9 Å². The van der Waals surface area contributed by atoms with E-state index < -0.39 is 38.4 Å². The number of nitrogens with zero attached hydrogens (tertiary/aromatic N) is 1. The highest BCUT2D eigenvalue weighted by atomic mass is 31.2. The zero-order valence-electron chi connectivity index (χ0n) is 35.6. The first-order valence-corrected chi connectivity index (χ1v) is 23.5. The Hall–Kier alpha value is -1.35. The third kappa shape index (κ3) is 35.1. The Bertz CT molecular complexity index is 996. The standard InChI is InChI=1S/C44H84NO8P/c1-6-8-10-12-14-16-18-20-22-24-26-28-30-32-34-36-41(47)44(53-54(49,50)51-39-38-45(3,4)5)42(40-46)52-43(48)37-35-33-31-29-27-25-23-21-19-17-15-13-11-9-7-2/h15,17,21,23,42,44,46H,6-14,16,18-20,22,24-40H2,1-5H3/p+1/b17-15-,23-21-/t42-,44?/m0/s1. The third-order valence-corrected chi connectivity index (χ3v) is 10.7. The van der Waals surface area contributed by atoms with Crippen molar-refractivity contribution < 1.29 is 42.4 Å². The second-order valence-electron chi connectivity index (χ2n) is 16.2. The van der Waals surface area contributed by atoms with Crippen molar-refractivity contribution in [2.24, 2.45) is 0 Å². The van der Waals surface area contributed by atoms with Gasteiger partial charge in [-0.3, -0.25) is 18.6 Å². The Labute approximate surface area is 332 Å². The summed E-state index contributed by atoms with van der Waals surface area (Å²) in [4.78, 5) is 36.6. The fraction of sp³-hybridized carbons (Fsp3) is 0.864. The smallest absolute Gasteiger partial charge is 0.457 e. The molecule has 0 heterocycles. The molecule has 0 aromatic carbocycles. The van der Waals surface area contributed by atoms with E-state index in [0.29, 0.717) is 23.9 Å². The number of quaternary nitrogens is 1. The van der Waals surface area contributed by atoms with Gasteiger partial charge >= 0.3 is 13.8 Å². The van der Waals surface area contributed by atoms with Crippen LogP contribution in [-0.4, -0.2) is 79.3 Å². The van der Waals surface area contributed by atoms with E-state index in [1.165, 1.54) is 96.3 Å². The zero-order valence-corrected chi connectivity index (χ0v) is 36.5. The van der Waals surface area contributed by atoms with Gasteiger partial charge in [0.25, 0.3) is 0 Å². The molecular weight excluding hydrogens is 701 g/mol. The average Bonchev–Trinajstić information content (AvgIpc) is 3.12. The van der Waals surface area contributed by atoms with Gasteiger partial charge in [0.15, 0.2) is 18.0 Å². The zero-order chi connectivity index (χ0) is 40.2. The lowest BCUT2D eigenvalue weighted by atomic mass is 10.0. The SMILES string of the molecule is CCCCC/C=C\C/C=C\CCCCCCCC(=O)O[C@@H](CO)C(OP(=O)(O)OCC[N+](C)(C)C)C(=O)CCCCCCCCCCCCCCCCC. The van der Waals surface area contributed by atoms with Crippen LogP contribution in [0.2, 0.25) is 0 Å². The number of aliphatic hydroxyl groups excluding tert-OH is 1. The number of esters is 1. The van der Waals surface area contributed by atoms with Crippen molar-refractivity contribution in [1.29, 1.82) is 0 Å². The number of rotatable bonds is 40. The van der Waals surface area contributed by atoms with Gasteiger partial charge in [-0.15, -0.1) is 0 Å². The Balaban J connectivity index is 4.65. The van der Waals surface area contributed by atoms with Gasteiger partial charge in [0.1, 0.15) is 13.2 Å². The van der Waals surface area contributed by atoms with E-state index in [2.05, 4.69) is 38.2 Å². The summed E-state index contributed by atoms with van der Waals surface area (Å²) >= 11 is 0. The topological polar surface area (TPSA) is 119 Å². The summed E-state index contributed by atoms with van der Waals surface area (Å²) < 4.78 is 29.4. The van der Waals surface area contributed by atoms with Crippen molar-refractivity contribution >= 4 is 19.6 Å². The molecule has 54 heavy (non-hydrogen) atoms. The summed E-state index contributed by atoms with van der Waals surface area (Å²) in [5.41, 5.74) is 0. The predicted octanol–water partition coefficient (Wildman–Crippen LogP) is 11.7. The number of ether oxygens (including phenoxy) is 1. The first-order chi connectivity index (χ1) is 26.0. The van der Waals surface area contributed by atoms with Crippen LogP contribution in [0.4, 0.5) is 0 Å². The normalized spacial score (nSPS) is 14.5. The molecule has 3 atom stereocenters. The van der Waals surface area contributed by atoms with E-state index in [4.69, 9.17) is 13.8 Å². The molecule has 0 fully saturated rings. The number of allylic oxidation sites excluding steroid dienone is 4. The molecule has 0 amide bonds. The summed E-state index contributed by atoms with van der Waals surface area (Å²) in [5.74, 6) is -1.04. The van der Waals surface area contributed by atoms with Gasteiger partial charge in [0, 0.05) is 12.8 Å². The van der Waals surface area contributed by atoms with Crippen LogP contribution in [0.25, 0.3) is 0 Å². The Kier molecular flexibility index (Phi) is 35.1. The molecule has 318 valence electrons. The molecule has 0 radical (unpaired) electrons. The highest BCUT2D eigenvalue weighted by Crippen LogP contribution is 2.45. The number of hydrogen-bond acceptors (Lipinski definition) is 7. The summed E-state index contributed by atoms with van der Waals surface area (Å²) in [5, 5.41) is 10.1. The fourth-order valence-corrected chi connectivity index (χ4v) is 7.17. The summed E-state index contributed by atoms with van der Waals surface area (Å²) in [6.07, 6.45) is 35.9. The molecule has 0 spiro atoms. The number of hydrogen-bond donors (Lipinski definition) is 2. The number of ketones is 1. The number of unbranched alkanes of at least 4 members (excludes halogenated alkanes) is 22. The number of phosphoric acid groups is 1. The van der Waals surface area contributed by atoms with Crippen LogP contribution in [0.1, 0.15) is 194 Å². The summed E-state index contributed by atoms with van der Waals surface area (Å²) in [6.45, 7) is 4.15. The molecule has 0 aliphatic rings. The van der Waals surface area contributed by atoms with E-state index in [9.17, 15) is 24.2 Å². The van der Waals surface area contributed by atoms with Gasteiger partial charge in [-0.2, -0.15) is 0 Å². The van der Waals surface area contributed by atoms with Crippen LogP contribution in [0.15, 0.2) is 24.3 Å². The molecule has 0 rings (SSSR count). The molecule has 0 aromatic heterocycles. The molecule has 9 nitrogen and oxygen atoms in total. The Morgan fingerprint density at radius 3 is 1.54 bits per heavy atom. The molecule has 0 aromatic rings. The number of phosphoric ester groups is 1. The van der Waals surface area contributed by atoms with Crippen LogP contribution in [0.5, 0.6) is 0 Å². The monoisotopic (exact) mass is 787 g/mol. The summed E-state index contributed by atoms with van der Waals surface area (Å²) in [6, 6.07) is 0. The van der Waals surface area contributed by atoms with Crippen LogP contribution < -0.4 is 0 Å². The lowest BCUT2D eigenvalue weighted by molar-refractivity contribution is -0.870. The second-order valence-corrected chi connectivity index (χ2v) is 17.6. The number of carbonyl (C=O) groups is 2. The molecule has 2 unspecified atom stereocenters. The predicted molar refractivity (Wildman–Crippen MR) is 224 cm³/mol. The van der Waals surface area contributed by atoms with Crippen molar-refractivity contribution in [3.8, 4) is 0 Å². The lowest BCUT2D eigenvalue weighted by Gasteiger charge is -2.27. The van der Waals surface area contributed by atoms with Crippen LogP contribution in [-0.2, 0) is 27.9 Å². The minimum atomic E-state index is -4.67. The maximum Gasteiger partial charge on any atom is 0.473 e. The molecule has 0 saturated heterocycles. The van der Waals surface area contributed by atoms with Gasteiger partial charge in [-0.1, -0.05) is 160 Å². The molecule has 2 N–H and O–H groups in total. The van der Waals surface area contributed by atoms with Crippen molar-refractivity contribution in [3.63, 3.8) is 0 Å². The van der Waals surface area contributed by atoms with E-state index in [0.717, 1.165) is 57.8 Å². The number of aliphatic hydroxyl groups is 1. The maximum absolute atomic E-state index is 13.4. The Morgan fingerprint density at radius 2 is 1.06 bits per heavy atom. The maximum atomic E-state index is 13.4. The number of carbonyl (C=O) groups excluding carboxylic acids is 2. The van der Waals surface area contributed by atoms with Crippen LogP contribution >= 0.6 is 7.82 Å². The van der Waals surface area contributed by atoms with Crippen molar-refractivity contribution in [1.82, 2.24) is 0 Å². The highest BCUT2D eigenvalue weighted by molar-refractivity contribution is 7.47. The molecule has 0 aliphatic heterocycles. The quantitative estimate of drug-likeness (QED) is 0.0207. The number of likely N-dealkylation sites (N-methyl/N-ethyl adjacent to an activating group) is 1. The highest BCUT2D eigenvalue weighted by Gasteiger charge is 2.38. The first kappa shape index (κ1) is 52.6. The van der Waals surface area contributed by atoms with Crippen molar-refractivity contribution in [2.45, 2.75) is 206 Å². The summed E-state index contributed by atoms with van der Waals surface area (Å²) in [7, 11) is 1.10. The third-order valence-electron chi connectivity index (χ3n) is 9.74. The van der Waals surface area contributed by atoms with Gasteiger partial charge in [0.2, 0.25) is 0 Å². The van der Waals surface area contributed by atoms with Gasteiger partial charge in [-0.25, -0.2) is 4.57 Å². The fourth-order valence-electron chi connectivity index (χ4n) is 6.25. The average molecular weight is 787 g/mol. The first-order valence-electron chi connectivity index (χ1n) is 22.0. The van der Waals surface area contributed by atoms with Crippen molar-refractivity contribution in [3.05, 3.63) is 24.3 Å². The minimum Gasteiger partial charge on any atom is -0.457 e. The van der Waals surface area contributed by atoms with Crippen LogP contribution in [0, 0.1) is 0 Å². The van der Waals surface area contributed by atoms with E-state index >= 15 is 0 Å². The molecule has 0 saturated carbocycles. The molecular formula is C44H85NO8P+. The second kappa shape index (κ2) is 36.0. The minimum absolute atomic E-state index is 0.0619. The van der Waals surface area contributed by atoms with E-state index in [-0.39, 0.29) is 19.4 Å². The van der Waals surface area contributed by atoms with E-state index in [1.54, 1.807) is 0 Å². The van der Waals surface area contributed by atoms with Gasteiger partial charge < -0.3 is 19.2 Å². The van der Waals surface area contributed by atoms with E-state index in [1.807, 2.05) is 21.1 Å². The van der Waals surface area contributed by atoms with Crippen molar-refractivity contribution in [2.75, 3.05) is 40.9 Å².